The Morgan fingerprint density at radius 1 is 1.05 bits per heavy atom. The molecule has 0 unspecified atom stereocenters. The topological polar surface area (TPSA) is 136 Å². The van der Waals surface area contributed by atoms with Crippen molar-refractivity contribution < 1.29 is 45.2 Å². The van der Waals surface area contributed by atoms with E-state index in [1.807, 2.05) is 6.92 Å². The molecule has 19 heteroatoms. The SMILES string of the molecule is CC[C@H](NC(=O)[C@@H]1C[C@@](C)(NC(=O)Nc2cccc(SC(F)(F)F)c2)c2ncc(NCc3cccc(C(F)(F)F)c3)c(=O)n21)B1O[C@@H]2C[C@@H]3C[C@@H](C3(C)C)[C@]2(C)O1. The zero-order chi connectivity index (χ0) is 41.3. The van der Waals surface area contributed by atoms with E-state index in [1.54, 1.807) is 6.92 Å². The monoisotopic (exact) mass is 820 g/mol. The van der Waals surface area contributed by atoms with Crippen LogP contribution in [0.4, 0.5) is 42.5 Å². The standard InChI is InChI=1S/C38H43BF6N6O5S/c1-6-29(39-55-28-15-22-14-27(34(22,2)3)36(28,5)56-39)49-30(52)26-17-35(4,50-33(54)48-23-11-8-12-24(16-23)57-38(43,44)45)32-47-19-25(31(53)51(26)32)46-18-20-9-7-10-21(13-20)37(40,41)42/h7-13,16,19,22,26-29,46H,6,14-15,17-18H2,1-5H3,(H,49,52)(H2,48,50,54)/t22-,26-,27-,28+,29-,35+,36-/m0/s1. The van der Waals surface area contributed by atoms with Crippen LogP contribution in [0.5, 0.6) is 0 Å². The maximum Gasteiger partial charge on any atom is 0.481 e. The molecule has 3 amide bonds. The van der Waals surface area contributed by atoms with Crippen molar-refractivity contribution in [2.24, 2.45) is 17.3 Å². The van der Waals surface area contributed by atoms with Gasteiger partial charge in [0.05, 0.1) is 34.9 Å². The molecule has 8 rings (SSSR count). The van der Waals surface area contributed by atoms with Crippen LogP contribution in [0.3, 0.4) is 0 Å². The van der Waals surface area contributed by atoms with Crippen LogP contribution in [0.1, 0.15) is 83.3 Å². The molecule has 2 bridgehead atoms. The molecule has 11 nitrogen and oxygen atoms in total. The number of rotatable bonds is 10. The van der Waals surface area contributed by atoms with Crippen molar-refractivity contribution in [2.45, 2.75) is 113 Å². The first kappa shape index (κ1) is 41.0. The lowest BCUT2D eigenvalue weighted by Crippen LogP contribution is -2.65. The Balaban J connectivity index is 1.14. The highest BCUT2D eigenvalue weighted by Gasteiger charge is 2.68. The summed E-state index contributed by atoms with van der Waals surface area (Å²) in [4.78, 5) is 46.3. The van der Waals surface area contributed by atoms with E-state index < -0.39 is 65.0 Å². The summed E-state index contributed by atoms with van der Waals surface area (Å²) in [6.45, 7) is 9.80. The first-order valence-corrected chi connectivity index (χ1v) is 19.5. The number of alkyl halides is 6. The predicted octanol–water partition coefficient (Wildman–Crippen LogP) is 7.63. The molecule has 5 aliphatic rings. The molecule has 1 saturated heterocycles. The molecular formula is C38H43BF6N6O5S. The molecule has 2 aliphatic heterocycles. The summed E-state index contributed by atoms with van der Waals surface area (Å²) < 4.78 is 93.4. The van der Waals surface area contributed by atoms with Gasteiger partial charge < -0.3 is 30.6 Å². The Labute approximate surface area is 329 Å². The highest BCUT2D eigenvalue weighted by molar-refractivity contribution is 8.00. The average Bonchev–Trinajstić information content (AvgIpc) is 3.63. The molecule has 1 aromatic heterocycles. The van der Waals surface area contributed by atoms with Gasteiger partial charge in [-0.05, 0) is 98.0 Å². The fraction of sp³-hybridized carbons (Fsp3) is 0.526. The number of aromatic nitrogens is 2. The minimum Gasteiger partial charge on any atom is -0.404 e. The lowest BCUT2D eigenvalue weighted by atomic mass is 9.43. The second kappa shape index (κ2) is 14.6. The van der Waals surface area contributed by atoms with Crippen LogP contribution in [0, 0.1) is 17.3 Å². The van der Waals surface area contributed by atoms with Crippen LogP contribution in [0.15, 0.2) is 64.4 Å². The smallest absolute Gasteiger partial charge is 0.404 e. The number of hydrogen-bond donors (Lipinski definition) is 4. The Bertz CT molecular complexity index is 2120. The quantitative estimate of drug-likeness (QED) is 0.0933. The van der Waals surface area contributed by atoms with Crippen molar-refractivity contribution in [3.63, 3.8) is 0 Å². The number of benzene rings is 2. The molecule has 7 atom stereocenters. The molecular weight excluding hydrogens is 777 g/mol. The Hall–Kier alpha value is -4.23. The van der Waals surface area contributed by atoms with Crippen LogP contribution in [-0.2, 0) is 32.4 Å². The second-order valence-electron chi connectivity index (χ2n) is 16.3. The van der Waals surface area contributed by atoms with Crippen molar-refractivity contribution in [2.75, 3.05) is 10.6 Å². The van der Waals surface area contributed by atoms with E-state index in [0.717, 1.165) is 35.6 Å². The average molecular weight is 821 g/mol. The molecule has 3 aliphatic carbocycles. The van der Waals surface area contributed by atoms with Gasteiger partial charge in [0.1, 0.15) is 17.6 Å². The number of thioether (sulfide) groups is 1. The van der Waals surface area contributed by atoms with Crippen molar-refractivity contribution in [3.05, 3.63) is 82.0 Å². The first-order chi connectivity index (χ1) is 26.6. The van der Waals surface area contributed by atoms with E-state index in [2.05, 4.69) is 47.0 Å². The van der Waals surface area contributed by atoms with Gasteiger partial charge in [0.15, 0.2) is 0 Å². The first-order valence-electron chi connectivity index (χ1n) is 18.7. The number of nitrogens with zero attached hydrogens (tertiary/aromatic N) is 2. The number of urea groups is 1. The zero-order valence-electron chi connectivity index (χ0n) is 31.8. The Morgan fingerprint density at radius 2 is 1.79 bits per heavy atom. The Kier molecular flexibility index (Phi) is 10.5. The van der Waals surface area contributed by atoms with Gasteiger partial charge in [-0.25, -0.2) is 9.78 Å². The van der Waals surface area contributed by atoms with Gasteiger partial charge >= 0.3 is 24.8 Å². The maximum absolute atomic E-state index is 14.3. The van der Waals surface area contributed by atoms with E-state index >= 15 is 0 Å². The molecule has 57 heavy (non-hydrogen) atoms. The van der Waals surface area contributed by atoms with Gasteiger partial charge in [-0.3, -0.25) is 14.2 Å². The van der Waals surface area contributed by atoms with Crippen LogP contribution in [-0.4, -0.2) is 51.8 Å². The third-order valence-corrected chi connectivity index (χ3v) is 12.9. The fourth-order valence-corrected chi connectivity index (χ4v) is 9.73. The van der Waals surface area contributed by atoms with Crippen molar-refractivity contribution in [1.82, 2.24) is 20.2 Å². The summed E-state index contributed by atoms with van der Waals surface area (Å²) >= 11 is -0.340. The minimum absolute atomic E-state index is 0.00995. The third kappa shape index (κ3) is 7.86. The summed E-state index contributed by atoms with van der Waals surface area (Å²) in [6.07, 6.45) is -1.39. The minimum atomic E-state index is -4.57. The van der Waals surface area contributed by atoms with E-state index in [1.165, 1.54) is 36.5 Å². The number of hydrogen-bond acceptors (Lipinski definition) is 8. The number of halogens is 6. The molecule has 3 heterocycles. The molecule has 4 N–H and O–H groups in total. The largest absolute Gasteiger partial charge is 0.481 e. The van der Waals surface area contributed by atoms with E-state index in [9.17, 15) is 40.7 Å². The van der Waals surface area contributed by atoms with Gasteiger partial charge in [0.2, 0.25) is 5.91 Å². The van der Waals surface area contributed by atoms with Gasteiger partial charge in [0, 0.05) is 23.5 Å². The highest BCUT2D eigenvalue weighted by atomic mass is 32.2. The predicted molar refractivity (Wildman–Crippen MR) is 201 cm³/mol. The number of carbonyl (C=O) groups excluding carboxylic acids is 2. The normalized spacial score (nSPS) is 27.8. The van der Waals surface area contributed by atoms with Crippen LogP contribution >= 0.6 is 11.8 Å². The summed E-state index contributed by atoms with van der Waals surface area (Å²) in [7, 11) is -0.762. The third-order valence-electron chi connectivity index (χ3n) is 12.2. The molecule has 3 saturated carbocycles. The molecule has 306 valence electrons. The van der Waals surface area contributed by atoms with Gasteiger partial charge in [0.25, 0.3) is 5.56 Å². The molecule has 4 fully saturated rings. The molecule has 3 aromatic rings. The lowest BCUT2D eigenvalue weighted by Gasteiger charge is -2.64. The number of anilines is 2. The number of carbonyl (C=O) groups is 2. The van der Waals surface area contributed by atoms with E-state index in [4.69, 9.17) is 9.31 Å². The van der Waals surface area contributed by atoms with E-state index in [-0.39, 0.29) is 69.8 Å². The Morgan fingerprint density at radius 3 is 2.47 bits per heavy atom. The number of fused-ring (bicyclic) bond motifs is 1. The molecule has 2 aromatic carbocycles. The van der Waals surface area contributed by atoms with Gasteiger partial charge in [-0.2, -0.15) is 26.3 Å². The van der Waals surface area contributed by atoms with Crippen LogP contribution < -0.4 is 26.8 Å². The van der Waals surface area contributed by atoms with Gasteiger partial charge in [-0.1, -0.05) is 39.0 Å². The van der Waals surface area contributed by atoms with Gasteiger partial charge in [-0.15, -0.1) is 0 Å². The number of nitrogens with one attached hydrogen (secondary N) is 4. The summed E-state index contributed by atoms with van der Waals surface area (Å²) in [5.41, 5.74) is -7.82. The van der Waals surface area contributed by atoms with Crippen molar-refractivity contribution in [1.29, 1.82) is 0 Å². The van der Waals surface area contributed by atoms with Crippen molar-refractivity contribution >= 4 is 42.2 Å². The summed E-state index contributed by atoms with van der Waals surface area (Å²) in [5, 5.41) is 11.1. The summed E-state index contributed by atoms with van der Waals surface area (Å²) in [6, 6.07) is 7.71. The second-order valence-corrected chi connectivity index (χ2v) is 17.4. The van der Waals surface area contributed by atoms with E-state index in [0.29, 0.717) is 12.3 Å². The highest BCUT2D eigenvalue weighted by Crippen LogP contribution is 2.65. The maximum atomic E-state index is 14.3. The molecule has 0 spiro atoms. The zero-order valence-corrected chi connectivity index (χ0v) is 32.6. The number of amides is 3. The van der Waals surface area contributed by atoms with Crippen molar-refractivity contribution in [3.8, 4) is 0 Å². The summed E-state index contributed by atoms with van der Waals surface area (Å²) in [5.74, 6) is -0.394. The molecule has 0 radical (unpaired) electrons. The fourth-order valence-electron chi connectivity index (χ4n) is 9.13. The lowest BCUT2D eigenvalue weighted by molar-refractivity contribution is -0.199. The van der Waals surface area contributed by atoms with Crippen LogP contribution in [0.2, 0.25) is 0 Å². The van der Waals surface area contributed by atoms with Crippen LogP contribution in [0.25, 0.3) is 0 Å².